The molecule has 5 rings (SSSR count). The van der Waals surface area contributed by atoms with Gasteiger partial charge in [-0.15, -0.1) is 10.2 Å². The Kier molecular flexibility index (Phi) is 6.30. The summed E-state index contributed by atoms with van der Waals surface area (Å²) in [6.07, 6.45) is 4.17. The summed E-state index contributed by atoms with van der Waals surface area (Å²) in [5.41, 5.74) is 1.53. The van der Waals surface area contributed by atoms with E-state index in [1.165, 1.54) is 6.42 Å². The summed E-state index contributed by atoms with van der Waals surface area (Å²) in [7, 11) is 1.68. The summed E-state index contributed by atoms with van der Waals surface area (Å²) < 4.78 is 7.73. The summed E-state index contributed by atoms with van der Waals surface area (Å²) in [4.78, 5) is 22.2. The second-order valence-electron chi connectivity index (χ2n) is 7.97. The van der Waals surface area contributed by atoms with Gasteiger partial charge >= 0.3 is 0 Å². The summed E-state index contributed by atoms with van der Waals surface area (Å²) in [6.45, 7) is 1.94. The number of benzene rings is 2. The largest absolute Gasteiger partial charge is 0.495 e. The van der Waals surface area contributed by atoms with Gasteiger partial charge in [0.15, 0.2) is 5.16 Å². The number of nitrogens with one attached hydrogen (secondary N) is 1. The van der Waals surface area contributed by atoms with Crippen LogP contribution in [0.25, 0.3) is 16.6 Å². The van der Waals surface area contributed by atoms with Crippen molar-refractivity contribution in [1.29, 1.82) is 0 Å². The van der Waals surface area contributed by atoms with Gasteiger partial charge in [0.25, 0.3) is 5.56 Å². The minimum atomic E-state index is -0.106. The molecule has 1 saturated heterocycles. The lowest BCUT2D eigenvalue weighted by Crippen LogP contribution is -2.31. The number of para-hydroxylation sites is 3. The lowest BCUT2D eigenvalue weighted by atomic mass is 10.1. The van der Waals surface area contributed by atoms with Crippen molar-refractivity contribution < 1.29 is 4.74 Å². The summed E-state index contributed by atoms with van der Waals surface area (Å²) >= 11 is 1.60. The Bertz CT molecular complexity index is 1310. The lowest BCUT2D eigenvalue weighted by molar-refractivity contribution is 0.412. The van der Waals surface area contributed by atoms with Crippen LogP contribution in [0, 0.1) is 0 Å². The van der Waals surface area contributed by atoms with E-state index in [-0.39, 0.29) is 5.56 Å². The molecule has 1 N–H and O–H groups in total. The summed E-state index contributed by atoms with van der Waals surface area (Å²) in [5.74, 6) is 3.00. The van der Waals surface area contributed by atoms with Crippen molar-refractivity contribution in [3.8, 4) is 11.4 Å². The number of methoxy groups -OCH3 is 1. The van der Waals surface area contributed by atoms with Crippen molar-refractivity contribution in [2.45, 2.75) is 30.8 Å². The number of aromatic amines is 1. The first kappa shape index (κ1) is 21.5. The van der Waals surface area contributed by atoms with E-state index in [0.29, 0.717) is 28.9 Å². The monoisotopic (exact) mass is 462 g/mol. The second kappa shape index (κ2) is 9.66. The Hall–Kier alpha value is -3.33. The van der Waals surface area contributed by atoms with E-state index in [1.807, 2.05) is 42.5 Å². The molecule has 0 saturated carbocycles. The van der Waals surface area contributed by atoms with Gasteiger partial charge in [0.05, 0.1) is 23.7 Å². The number of aryl methyl sites for hydroxylation is 1. The molecule has 0 spiro atoms. The number of thioether (sulfide) groups is 1. The molecule has 0 unspecified atom stereocenters. The predicted molar refractivity (Wildman–Crippen MR) is 131 cm³/mol. The SMILES string of the molecule is COc1ccccc1-n1c(SCCc2nc3ccccc3c(=O)[nH]2)nnc1N1CCCCC1. The van der Waals surface area contributed by atoms with E-state index in [9.17, 15) is 4.79 Å². The average Bonchev–Trinajstić information content (AvgIpc) is 3.28. The molecule has 170 valence electrons. The van der Waals surface area contributed by atoms with Crippen molar-refractivity contribution in [2.75, 3.05) is 30.9 Å². The van der Waals surface area contributed by atoms with E-state index >= 15 is 0 Å². The zero-order valence-corrected chi connectivity index (χ0v) is 19.3. The summed E-state index contributed by atoms with van der Waals surface area (Å²) in [6, 6.07) is 15.3. The number of anilines is 1. The molecule has 1 aliphatic heterocycles. The number of rotatable bonds is 7. The highest BCUT2D eigenvalue weighted by atomic mass is 32.2. The number of hydrogen-bond donors (Lipinski definition) is 1. The molecule has 4 aromatic rings. The topological polar surface area (TPSA) is 88.9 Å². The zero-order chi connectivity index (χ0) is 22.6. The van der Waals surface area contributed by atoms with Crippen LogP contribution in [0.4, 0.5) is 5.95 Å². The Morgan fingerprint density at radius 3 is 2.67 bits per heavy atom. The molecule has 0 amide bonds. The van der Waals surface area contributed by atoms with Gasteiger partial charge in [-0.2, -0.15) is 0 Å². The minimum Gasteiger partial charge on any atom is -0.495 e. The maximum absolute atomic E-state index is 12.4. The molecule has 0 aliphatic carbocycles. The van der Waals surface area contributed by atoms with Crippen LogP contribution in [-0.4, -0.2) is 50.7 Å². The van der Waals surface area contributed by atoms with Crippen molar-refractivity contribution >= 4 is 28.6 Å². The smallest absolute Gasteiger partial charge is 0.258 e. The number of aromatic nitrogens is 5. The Morgan fingerprint density at radius 1 is 1.03 bits per heavy atom. The third-order valence-electron chi connectivity index (χ3n) is 5.81. The van der Waals surface area contributed by atoms with Crippen LogP contribution in [0.5, 0.6) is 5.75 Å². The molecule has 1 fully saturated rings. The standard InChI is InChI=1S/C24H26N6O2S/c1-32-20-12-6-5-11-19(20)30-23(29-14-7-2-8-15-29)27-28-24(30)33-16-13-21-25-18-10-4-3-9-17(18)22(31)26-21/h3-6,9-12H,2,7-8,13-16H2,1H3,(H,25,26,31). The number of H-pyrrole nitrogens is 1. The van der Waals surface area contributed by atoms with Gasteiger partial charge in [-0.1, -0.05) is 36.0 Å². The summed E-state index contributed by atoms with van der Waals surface area (Å²) in [5, 5.41) is 10.5. The molecule has 33 heavy (non-hydrogen) atoms. The molecule has 8 nitrogen and oxygen atoms in total. The first-order valence-electron chi connectivity index (χ1n) is 11.2. The van der Waals surface area contributed by atoms with Crippen LogP contribution >= 0.6 is 11.8 Å². The number of nitrogens with zero attached hydrogens (tertiary/aromatic N) is 5. The number of hydrogen-bond acceptors (Lipinski definition) is 7. The highest BCUT2D eigenvalue weighted by Gasteiger charge is 2.23. The van der Waals surface area contributed by atoms with Crippen molar-refractivity contribution in [2.24, 2.45) is 0 Å². The zero-order valence-electron chi connectivity index (χ0n) is 18.5. The van der Waals surface area contributed by atoms with Crippen molar-refractivity contribution in [1.82, 2.24) is 24.7 Å². The van der Waals surface area contributed by atoms with Crippen LogP contribution in [-0.2, 0) is 6.42 Å². The third-order valence-corrected chi connectivity index (χ3v) is 6.74. The fourth-order valence-corrected chi connectivity index (χ4v) is 5.06. The fraction of sp³-hybridized carbons (Fsp3) is 0.333. The number of ether oxygens (including phenoxy) is 1. The molecule has 1 aliphatic rings. The van der Waals surface area contributed by atoms with E-state index < -0.39 is 0 Å². The quantitative estimate of drug-likeness (QED) is 0.418. The molecule has 2 aromatic heterocycles. The molecule has 2 aromatic carbocycles. The highest BCUT2D eigenvalue weighted by Crippen LogP contribution is 2.32. The van der Waals surface area contributed by atoms with Crippen LogP contribution in [0.1, 0.15) is 25.1 Å². The maximum Gasteiger partial charge on any atom is 0.258 e. The van der Waals surface area contributed by atoms with Crippen LogP contribution in [0.3, 0.4) is 0 Å². The number of piperidine rings is 1. The van der Waals surface area contributed by atoms with E-state index in [1.54, 1.807) is 24.9 Å². The third kappa shape index (κ3) is 4.45. The molecule has 3 heterocycles. The van der Waals surface area contributed by atoms with Crippen LogP contribution < -0.4 is 15.2 Å². The van der Waals surface area contributed by atoms with Crippen LogP contribution in [0.15, 0.2) is 58.5 Å². The van der Waals surface area contributed by atoms with Gasteiger partial charge in [-0.05, 0) is 43.5 Å². The molecule has 0 bridgehead atoms. The normalized spacial score (nSPS) is 14.0. The van der Waals surface area contributed by atoms with Gasteiger partial charge in [-0.25, -0.2) is 4.98 Å². The minimum absolute atomic E-state index is 0.106. The molecular formula is C24H26N6O2S. The molecule has 9 heteroatoms. The first-order chi connectivity index (χ1) is 16.2. The Morgan fingerprint density at radius 2 is 1.82 bits per heavy atom. The van der Waals surface area contributed by atoms with E-state index in [4.69, 9.17) is 4.74 Å². The predicted octanol–water partition coefficient (Wildman–Crippen LogP) is 3.84. The van der Waals surface area contributed by atoms with Gasteiger partial charge in [0.1, 0.15) is 11.6 Å². The molecule has 0 atom stereocenters. The second-order valence-corrected chi connectivity index (χ2v) is 9.03. The van der Waals surface area contributed by atoms with Gasteiger partial charge in [-0.3, -0.25) is 9.36 Å². The molecular weight excluding hydrogens is 436 g/mol. The van der Waals surface area contributed by atoms with E-state index in [2.05, 4.69) is 29.6 Å². The average molecular weight is 463 g/mol. The maximum atomic E-state index is 12.4. The highest BCUT2D eigenvalue weighted by molar-refractivity contribution is 7.99. The van der Waals surface area contributed by atoms with Crippen LogP contribution in [0.2, 0.25) is 0 Å². The number of fused-ring (bicyclic) bond motifs is 1. The van der Waals surface area contributed by atoms with Gasteiger partial charge < -0.3 is 14.6 Å². The Labute approximate surface area is 196 Å². The Balaban J connectivity index is 1.42. The van der Waals surface area contributed by atoms with E-state index in [0.717, 1.165) is 48.5 Å². The molecule has 0 radical (unpaired) electrons. The first-order valence-corrected chi connectivity index (χ1v) is 12.2. The van der Waals surface area contributed by atoms with Gasteiger partial charge in [0.2, 0.25) is 5.95 Å². The lowest BCUT2D eigenvalue weighted by Gasteiger charge is -2.28. The van der Waals surface area contributed by atoms with Gasteiger partial charge in [0, 0.05) is 25.3 Å². The fourth-order valence-electron chi connectivity index (χ4n) is 4.17. The van der Waals surface area contributed by atoms with Crippen molar-refractivity contribution in [3.63, 3.8) is 0 Å². The van der Waals surface area contributed by atoms with Crippen molar-refractivity contribution in [3.05, 3.63) is 64.7 Å².